The molecular weight excluding hydrogens is 352 g/mol. The number of aryl methyl sites for hydroxylation is 1. The largest absolute Gasteiger partial charge is 0.444 e. The Morgan fingerprint density at radius 2 is 1.89 bits per heavy atom. The van der Waals surface area contributed by atoms with Crippen LogP contribution in [0, 0.1) is 6.92 Å². The Morgan fingerprint density at radius 1 is 1.14 bits per heavy atom. The van der Waals surface area contributed by atoms with E-state index in [1.54, 1.807) is 11.1 Å². The van der Waals surface area contributed by atoms with Gasteiger partial charge in [0.05, 0.1) is 0 Å². The lowest BCUT2D eigenvalue weighted by atomic mass is 10.0. The Morgan fingerprint density at radius 3 is 2.54 bits per heavy atom. The number of carbonyl (C=O) groups is 1. The number of aromatic nitrogens is 1. The van der Waals surface area contributed by atoms with Crippen LogP contribution in [0.5, 0.6) is 11.6 Å². The number of ether oxygens (including phenoxy) is 2. The van der Waals surface area contributed by atoms with Gasteiger partial charge >= 0.3 is 6.09 Å². The average Bonchev–Trinajstić information content (AvgIpc) is 2.63. The zero-order valence-electron chi connectivity index (χ0n) is 17.1. The summed E-state index contributed by atoms with van der Waals surface area (Å²) < 4.78 is 11.3. The van der Waals surface area contributed by atoms with E-state index < -0.39 is 5.60 Å². The van der Waals surface area contributed by atoms with E-state index in [-0.39, 0.29) is 6.09 Å². The molecule has 1 saturated heterocycles. The molecule has 1 aromatic carbocycles. The fourth-order valence-electron chi connectivity index (χ4n) is 2.99. The Hall–Kier alpha value is -2.82. The van der Waals surface area contributed by atoms with Crippen molar-refractivity contribution >= 4 is 12.2 Å². The lowest BCUT2D eigenvalue weighted by Gasteiger charge is -2.31. The van der Waals surface area contributed by atoms with Crippen LogP contribution in [0.25, 0.3) is 6.08 Å². The zero-order chi connectivity index (χ0) is 20.1. The molecule has 5 nitrogen and oxygen atoms in total. The second kappa shape index (κ2) is 8.46. The number of likely N-dealkylation sites (tertiary alicyclic amines) is 1. The normalized spacial score (nSPS) is 14.6. The molecular formula is C23H28N2O3. The van der Waals surface area contributed by atoms with Crippen molar-refractivity contribution in [3.63, 3.8) is 0 Å². The number of hydrogen-bond acceptors (Lipinski definition) is 4. The maximum Gasteiger partial charge on any atom is 0.410 e. The molecule has 28 heavy (non-hydrogen) atoms. The van der Waals surface area contributed by atoms with Gasteiger partial charge in [0.2, 0.25) is 5.88 Å². The Kier molecular flexibility index (Phi) is 6.02. The van der Waals surface area contributed by atoms with E-state index in [2.05, 4.69) is 17.1 Å². The van der Waals surface area contributed by atoms with Crippen molar-refractivity contribution in [2.75, 3.05) is 13.1 Å². The minimum atomic E-state index is -0.458. The van der Waals surface area contributed by atoms with Gasteiger partial charge < -0.3 is 14.4 Å². The van der Waals surface area contributed by atoms with Gasteiger partial charge in [0, 0.05) is 25.4 Å². The second-order valence-corrected chi connectivity index (χ2v) is 8.12. The molecule has 0 saturated carbocycles. The predicted molar refractivity (Wildman–Crippen MR) is 111 cm³/mol. The van der Waals surface area contributed by atoms with Crippen LogP contribution < -0.4 is 4.74 Å². The maximum absolute atomic E-state index is 12.2. The van der Waals surface area contributed by atoms with Crippen LogP contribution in [0.1, 0.15) is 44.7 Å². The molecule has 1 aromatic heterocycles. The minimum absolute atomic E-state index is 0.229. The number of hydrogen-bond donors (Lipinski definition) is 0. The summed E-state index contributed by atoms with van der Waals surface area (Å²) in [6.07, 6.45) is 5.45. The summed E-state index contributed by atoms with van der Waals surface area (Å²) in [6.45, 7) is 9.04. The van der Waals surface area contributed by atoms with E-state index in [1.165, 1.54) is 5.57 Å². The van der Waals surface area contributed by atoms with E-state index in [0.717, 1.165) is 29.7 Å². The average molecular weight is 380 g/mol. The molecule has 1 aliphatic rings. The first-order chi connectivity index (χ1) is 13.3. The van der Waals surface area contributed by atoms with E-state index in [1.807, 2.05) is 58.0 Å². The molecule has 2 heterocycles. The van der Waals surface area contributed by atoms with Crippen LogP contribution in [-0.4, -0.2) is 34.7 Å². The molecule has 0 unspecified atom stereocenters. The van der Waals surface area contributed by atoms with Gasteiger partial charge in [-0.1, -0.05) is 29.8 Å². The van der Waals surface area contributed by atoms with Gasteiger partial charge in [0.1, 0.15) is 11.4 Å². The first-order valence-electron chi connectivity index (χ1n) is 9.66. The highest BCUT2D eigenvalue weighted by atomic mass is 16.6. The molecule has 0 radical (unpaired) electrons. The summed E-state index contributed by atoms with van der Waals surface area (Å²) in [7, 11) is 0. The summed E-state index contributed by atoms with van der Waals surface area (Å²) >= 11 is 0. The molecule has 2 aromatic rings. The standard InChI is InChI=1S/C23H28N2O3/c1-17-8-9-21(24-16-17)27-20-7-5-6-19(15-20)14-18-10-12-25(13-11-18)22(26)28-23(2,3)4/h5-9,14-16H,10-13H2,1-4H3. The number of rotatable bonds is 3. The van der Waals surface area contributed by atoms with Crippen molar-refractivity contribution < 1.29 is 14.3 Å². The molecule has 0 spiro atoms. The van der Waals surface area contributed by atoms with Crippen molar-refractivity contribution in [3.05, 3.63) is 59.3 Å². The summed E-state index contributed by atoms with van der Waals surface area (Å²) in [6, 6.07) is 11.8. The van der Waals surface area contributed by atoms with Crippen LogP contribution in [0.15, 0.2) is 48.2 Å². The molecule has 0 aliphatic carbocycles. The fourth-order valence-corrected chi connectivity index (χ4v) is 2.99. The Bertz CT molecular complexity index is 841. The van der Waals surface area contributed by atoms with Crippen molar-refractivity contribution in [1.82, 2.24) is 9.88 Å². The number of carbonyl (C=O) groups excluding carboxylic acids is 1. The van der Waals surface area contributed by atoms with Crippen molar-refractivity contribution in [1.29, 1.82) is 0 Å². The monoisotopic (exact) mass is 380 g/mol. The molecule has 0 N–H and O–H groups in total. The van der Waals surface area contributed by atoms with Crippen molar-refractivity contribution in [2.45, 2.75) is 46.1 Å². The van der Waals surface area contributed by atoms with Gasteiger partial charge in [-0.05, 0) is 63.8 Å². The van der Waals surface area contributed by atoms with Crippen LogP contribution in [0.4, 0.5) is 4.79 Å². The highest BCUT2D eigenvalue weighted by Crippen LogP contribution is 2.25. The minimum Gasteiger partial charge on any atom is -0.444 e. The van der Waals surface area contributed by atoms with Crippen LogP contribution in [-0.2, 0) is 4.74 Å². The summed E-state index contributed by atoms with van der Waals surface area (Å²) in [5.41, 5.74) is 3.05. The first-order valence-corrected chi connectivity index (χ1v) is 9.66. The number of piperidine rings is 1. The van der Waals surface area contributed by atoms with Gasteiger partial charge in [0.25, 0.3) is 0 Å². The topological polar surface area (TPSA) is 51.7 Å². The van der Waals surface area contributed by atoms with Gasteiger partial charge in [-0.2, -0.15) is 0 Å². The molecule has 5 heteroatoms. The highest BCUT2D eigenvalue weighted by Gasteiger charge is 2.24. The second-order valence-electron chi connectivity index (χ2n) is 8.12. The first kappa shape index (κ1) is 19.9. The zero-order valence-corrected chi connectivity index (χ0v) is 17.1. The third-order valence-electron chi connectivity index (χ3n) is 4.39. The van der Waals surface area contributed by atoms with Crippen LogP contribution in [0.2, 0.25) is 0 Å². The third kappa shape index (κ3) is 5.84. The fraction of sp³-hybridized carbons (Fsp3) is 0.391. The molecule has 1 aliphatic heterocycles. The quantitative estimate of drug-likeness (QED) is 0.696. The molecule has 1 fully saturated rings. The van der Waals surface area contributed by atoms with Crippen LogP contribution >= 0.6 is 0 Å². The van der Waals surface area contributed by atoms with E-state index >= 15 is 0 Å². The van der Waals surface area contributed by atoms with E-state index in [0.29, 0.717) is 19.0 Å². The number of benzene rings is 1. The molecule has 0 atom stereocenters. The number of pyridine rings is 1. The molecule has 0 bridgehead atoms. The smallest absolute Gasteiger partial charge is 0.410 e. The third-order valence-corrected chi connectivity index (χ3v) is 4.39. The van der Waals surface area contributed by atoms with Crippen molar-refractivity contribution in [3.8, 4) is 11.6 Å². The van der Waals surface area contributed by atoms with Gasteiger partial charge in [-0.25, -0.2) is 9.78 Å². The van der Waals surface area contributed by atoms with Gasteiger partial charge in [-0.15, -0.1) is 0 Å². The lowest BCUT2D eigenvalue weighted by molar-refractivity contribution is 0.0237. The highest BCUT2D eigenvalue weighted by molar-refractivity contribution is 5.68. The van der Waals surface area contributed by atoms with Crippen LogP contribution in [0.3, 0.4) is 0 Å². The summed E-state index contributed by atoms with van der Waals surface area (Å²) in [5, 5.41) is 0. The van der Waals surface area contributed by atoms with Gasteiger partial charge in [0.15, 0.2) is 0 Å². The molecule has 3 rings (SSSR count). The Balaban J connectivity index is 1.60. The predicted octanol–water partition coefficient (Wildman–Crippen LogP) is 5.60. The van der Waals surface area contributed by atoms with E-state index in [9.17, 15) is 4.79 Å². The molecule has 148 valence electrons. The Labute approximate surface area is 167 Å². The summed E-state index contributed by atoms with van der Waals surface area (Å²) in [5.74, 6) is 1.35. The van der Waals surface area contributed by atoms with Crippen molar-refractivity contribution in [2.24, 2.45) is 0 Å². The summed E-state index contributed by atoms with van der Waals surface area (Å²) in [4.78, 5) is 18.2. The number of amides is 1. The van der Waals surface area contributed by atoms with Gasteiger partial charge in [-0.3, -0.25) is 0 Å². The number of nitrogens with zero attached hydrogens (tertiary/aromatic N) is 2. The molecule has 1 amide bonds. The maximum atomic E-state index is 12.2. The van der Waals surface area contributed by atoms with E-state index in [4.69, 9.17) is 9.47 Å². The lowest BCUT2D eigenvalue weighted by Crippen LogP contribution is -2.40. The SMILES string of the molecule is Cc1ccc(Oc2cccc(C=C3CCN(C(=O)OC(C)(C)C)CC3)c2)nc1.